The molecule has 1 aliphatic rings. The molecule has 0 aromatic rings. The lowest BCUT2D eigenvalue weighted by molar-refractivity contribution is -0.137. The second kappa shape index (κ2) is 5.67. The van der Waals surface area contributed by atoms with Gasteiger partial charge in [-0.3, -0.25) is 4.79 Å². The molecule has 1 saturated carbocycles. The predicted octanol–water partition coefficient (Wildman–Crippen LogP) is 2.01. The number of carbonyl (C=O) groups is 1. The minimum atomic E-state index is 0.124. The summed E-state index contributed by atoms with van der Waals surface area (Å²) in [6, 6.07) is 0.588. The van der Waals surface area contributed by atoms with Crippen LogP contribution in [-0.2, 0) is 4.79 Å². The van der Waals surface area contributed by atoms with Crippen molar-refractivity contribution in [1.82, 2.24) is 4.90 Å². The SMILES string of the molecule is CC(C(=O)N(C)C(C)C)C1CCCC(N)C1. The lowest BCUT2D eigenvalue weighted by Gasteiger charge is -2.33. The van der Waals surface area contributed by atoms with Crippen LogP contribution in [0, 0.1) is 11.8 Å². The average molecular weight is 226 g/mol. The summed E-state index contributed by atoms with van der Waals surface area (Å²) in [4.78, 5) is 14.0. The maximum absolute atomic E-state index is 12.2. The molecule has 3 nitrogen and oxygen atoms in total. The van der Waals surface area contributed by atoms with E-state index in [9.17, 15) is 4.79 Å². The molecule has 3 atom stereocenters. The number of nitrogens with zero attached hydrogens (tertiary/aromatic N) is 1. The van der Waals surface area contributed by atoms with Crippen molar-refractivity contribution in [2.45, 2.75) is 58.5 Å². The van der Waals surface area contributed by atoms with Gasteiger partial charge in [-0.25, -0.2) is 0 Å². The zero-order chi connectivity index (χ0) is 12.3. The summed E-state index contributed by atoms with van der Waals surface area (Å²) in [7, 11) is 1.90. The molecule has 1 rings (SSSR count). The molecule has 1 fully saturated rings. The van der Waals surface area contributed by atoms with E-state index in [2.05, 4.69) is 20.8 Å². The van der Waals surface area contributed by atoms with E-state index in [0.29, 0.717) is 12.0 Å². The molecule has 0 heterocycles. The molecule has 0 saturated heterocycles. The Labute approximate surface area is 99.4 Å². The van der Waals surface area contributed by atoms with E-state index in [4.69, 9.17) is 5.73 Å². The van der Waals surface area contributed by atoms with Crippen LogP contribution in [0.3, 0.4) is 0 Å². The van der Waals surface area contributed by atoms with E-state index in [-0.39, 0.29) is 17.9 Å². The van der Waals surface area contributed by atoms with Gasteiger partial charge in [0, 0.05) is 25.0 Å². The summed E-state index contributed by atoms with van der Waals surface area (Å²) in [5, 5.41) is 0. The van der Waals surface area contributed by atoms with Crippen molar-refractivity contribution in [2.24, 2.45) is 17.6 Å². The number of rotatable bonds is 3. The van der Waals surface area contributed by atoms with Crippen LogP contribution < -0.4 is 5.73 Å². The number of amides is 1. The fourth-order valence-corrected chi connectivity index (χ4v) is 2.50. The van der Waals surface area contributed by atoms with Gasteiger partial charge in [0.2, 0.25) is 5.91 Å². The monoisotopic (exact) mass is 226 g/mol. The van der Waals surface area contributed by atoms with E-state index in [0.717, 1.165) is 19.3 Å². The Morgan fingerprint density at radius 1 is 1.31 bits per heavy atom. The van der Waals surface area contributed by atoms with Crippen molar-refractivity contribution in [2.75, 3.05) is 7.05 Å². The molecule has 2 N–H and O–H groups in total. The van der Waals surface area contributed by atoms with E-state index in [1.165, 1.54) is 6.42 Å². The smallest absolute Gasteiger partial charge is 0.225 e. The van der Waals surface area contributed by atoms with Gasteiger partial charge in [-0.2, -0.15) is 0 Å². The maximum atomic E-state index is 12.2. The van der Waals surface area contributed by atoms with Crippen LogP contribution in [0.2, 0.25) is 0 Å². The van der Waals surface area contributed by atoms with Gasteiger partial charge in [-0.05, 0) is 39.0 Å². The Bertz CT molecular complexity index is 240. The van der Waals surface area contributed by atoms with Gasteiger partial charge in [0.1, 0.15) is 0 Å². The average Bonchev–Trinajstić information content (AvgIpc) is 2.26. The standard InChI is InChI=1S/C13H26N2O/c1-9(2)15(4)13(16)10(3)11-6-5-7-12(14)8-11/h9-12H,5-8,14H2,1-4H3. The molecule has 0 aliphatic heterocycles. The maximum Gasteiger partial charge on any atom is 0.225 e. The second-order valence-corrected chi connectivity index (χ2v) is 5.52. The van der Waals surface area contributed by atoms with Crippen molar-refractivity contribution in [3.05, 3.63) is 0 Å². The largest absolute Gasteiger partial charge is 0.343 e. The first-order valence-corrected chi connectivity index (χ1v) is 6.45. The fraction of sp³-hybridized carbons (Fsp3) is 0.923. The molecule has 94 valence electrons. The first-order chi connectivity index (χ1) is 7.43. The molecule has 1 aliphatic carbocycles. The summed E-state index contributed by atoms with van der Waals surface area (Å²) in [6.45, 7) is 6.17. The van der Waals surface area contributed by atoms with Gasteiger partial charge in [-0.1, -0.05) is 13.3 Å². The zero-order valence-electron chi connectivity index (χ0n) is 11.1. The predicted molar refractivity (Wildman–Crippen MR) is 67.0 cm³/mol. The van der Waals surface area contributed by atoms with Crippen LogP contribution in [-0.4, -0.2) is 29.9 Å². The van der Waals surface area contributed by atoms with Gasteiger partial charge in [-0.15, -0.1) is 0 Å². The highest BCUT2D eigenvalue weighted by Crippen LogP contribution is 2.30. The molecule has 0 bridgehead atoms. The van der Waals surface area contributed by atoms with Crippen LogP contribution in [0.1, 0.15) is 46.5 Å². The van der Waals surface area contributed by atoms with Gasteiger partial charge in [0.25, 0.3) is 0 Å². The van der Waals surface area contributed by atoms with Crippen molar-refractivity contribution in [3.63, 3.8) is 0 Å². The van der Waals surface area contributed by atoms with Gasteiger partial charge in [0.15, 0.2) is 0 Å². The normalized spacial score (nSPS) is 27.9. The highest BCUT2D eigenvalue weighted by atomic mass is 16.2. The van der Waals surface area contributed by atoms with Crippen LogP contribution in [0.25, 0.3) is 0 Å². The number of hydrogen-bond donors (Lipinski definition) is 1. The van der Waals surface area contributed by atoms with Crippen LogP contribution in [0.5, 0.6) is 0 Å². The van der Waals surface area contributed by atoms with E-state index < -0.39 is 0 Å². The van der Waals surface area contributed by atoms with Gasteiger partial charge < -0.3 is 10.6 Å². The Morgan fingerprint density at radius 2 is 1.94 bits per heavy atom. The highest BCUT2D eigenvalue weighted by molar-refractivity contribution is 5.78. The summed E-state index contributed by atoms with van der Waals surface area (Å²) in [6.07, 6.45) is 4.47. The minimum Gasteiger partial charge on any atom is -0.343 e. The van der Waals surface area contributed by atoms with Crippen molar-refractivity contribution in [3.8, 4) is 0 Å². The molecule has 0 spiro atoms. The lowest BCUT2D eigenvalue weighted by Crippen LogP contribution is -2.41. The Hall–Kier alpha value is -0.570. The summed E-state index contributed by atoms with van der Waals surface area (Å²) < 4.78 is 0. The third-order valence-corrected chi connectivity index (χ3v) is 3.97. The molecule has 1 amide bonds. The lowest BCUT2D eigenvalue weighted by atomic mass is 9.78. The highest BCUT2D eigenvalue weighted by Gasteiger charge is 2.30. The van der Waals surface area contributed by atoms with Crippen LogP contribution >= 0.6 is 0 Å². The molecule has 16 heavy (non-hydrogen) atoms. The molecular weight excluding hydrogens is 200 g/mol. The first-order valence-electron chi connectivity index (χ1n) is 6.45. The summed E-state index contributed by atoms with van der Waals surface area (Å²) >= 11 is 0. The fourth-order valence-electron chi connectivity index (χ4n) is 2.50. The zero-order valence-corrected chi connectivity index (χ0v) is 11.1. The van der Waals surface area contributed by atoms with Crippen LogP contribution in [0.15, 0.2) is 0 Å². The van der Waals surface area contributed by atoms with Gasteiger partial charge in [0.05, 0.1) is 0 Å². The molecule has 3 unspecified atom stereocenters. The Morgan fingerprint density at radius 3 is 2.44 bits per heavy atom. The Kier molecular flexibility index (Phi) is 4.78. The summed E-state index contributed by atoms with van der Waals surface area (Å²) in [5.74, 6) is 0.880. The van der Waals surface area contributed by atoms with Crippen molar-refractivity contribution < 1.29 is 4.79 Å². The van der Waals surface area contributed by atoms with E-state index in [1.54, 1.807) is 0 Å². The molecular formula is C13H26N2O. The van der Waals surface area contributed by atoms with Crippen molar-refractivity contribution >= 4 is 5.91 Å². The van der Waals surface area contributed by atoms with E-state index in [1.807, 2.05) is 11.9 Å². The van der Waals surface area contributed by atoms with E-state index >= 15 is 0 Å². The molecule has 0 aromatic carbocycles. The summed E-state index contributed by atoms with van der Waals surface area (Å²) in [5.41, 5.74) is 5.97. The minimum absolute atomic E-state index is 0.124. The molecule has 3 heteroatoms. The third-order valence-electron chi connectivity index (χ3n) is 3.97. The Balaban J connectivity index is 2.55. The number of carbonyl (C=O) groups excluding carboxylic acids is 1. The van der Waals surface area contributed by atoms with Crippen molar-refractivity contribution in [1.29, 1.82) is 0 Å². The molecule has 0 aromatic heterocycles. The van der Waals surface area contributed by atoms with Crippen LogP contribution in [0.4, 0.5) is 0 Å². The first kappa shape index (κ1) is 13.5. The number of nitrogens with two attached hydrogens (primary N) is 1. The van der Waals surface area contributed by atoms with Gasteiger partial charge >= 0.3 is 0 Å². The topological polar surface area (TPSA) is 46.3 Å². The quantitative estimate of drug-likeness (QED) is 0.800. The second-order valence-electron chi connectivity index (χ2n) is 5.52. The molecule has 0 radical (unpaired) electrons. The number of hydrogen-bond acceptors (Lipinski definition) is 2. The third kappa shape index (κ3) is 3.21.